The summed E-state index contributed by atoms with van der Waals surface area (Å²) in [7, 11) is 2.27. The van der Waals surface area contributed by atoms with Crippen LogP contribution in [0.3, 0.4) is 0 Å². The van der Waals surface area contributed by atoms with Crippen LogP contribution in [-0.4, -0.2) is 49.1 Å². The van der Waals surface area contributed by atoms with E-state index in [1.165, 1.54) is 39.0 Å². The lowest BCUT2D eigenvalue weighted by Crippen LogP contribution is -2.50. The quantitative estimate of drug-likeness (QED) is 0.629. The molecule has 0 aliphatic carbocycles. The van der Waals surface area contributed by atoms with E-state index in [-0.39, 0.29) is 0 Å². The Hall–Kier alpha value is -0.0800. The SMILES string of the molecule is CC(C)N1CCC2CCN(C)CC2C1. The second kappa shape index (κ2) is 4.19. The van der Waals surface area contributed by atoms with Gasteiger partial charge in [0.2, 0.25) is 0 Å². The maximum atomic E-state index is 2.65. The molecule has 0 amide bonds. The number of nitrogens with zero attached hydrogens (tertiary/aromatic N) is 2. The molecule has 2 saturated heterocycles. The fourth-order valence-electron chi connectivity index (χ4n) is 3.04. The molecule has 0 spiro atoms. The Balaban J connectivity index is 1.93. The number of piperidine rings is 2. The molecule has 0 N–H and O–H groups in total. The summed E-state index contributed by atoms with van der Waals surface area (Å²) in [6.07, 6.45) is 2.88. The van der Waals surface area contributed by atoms with Gasteiger partial charge in [-0.1, -0.05) is 0 Å². The Morgan fingerprint density at radius 1 is 1.00 bits per heavy atom. The second-order valence-electron chi connectivity index (χ2n) is 5.45. The number of rotatable bonds is 1. The largest absolute Gasteiger partial charge is 0.306 e. The lowest BCUT2D eigenvalue weighted by Gasteiger charge is -2.45. The molecule has 2 aliphatic heterocycles. The Kier molecular flexibility index (Phi) is 3.13. The molecule has 2 rings (SSSR count). The van der Waals surface area contributed by atoms with Crippen molar-refractivity contribution in [2.24, 2.45) is 11.8 Å². The van der Waals surface area contributed by atoms with E-state index >= 15 is 0 Å². The van der Waals surface area contributed by atoms with Crippen LogP contribution in [0.25, 0.3) is 0 Å². The zero-order valence-corrected chi connectivity index (χ0v) is 9.87. The monoisotopic (exact) mass is 196 g/mol. The van der Waals surface area contributed by atoms with Gasteiger partial charge in [0.15, 0.2) is 0 Å². The minimum absolute atomic E-state index is 0.739. The average Bonchev–Trinajstić information content (AvgIpc) is 2.16. The Morgan fingerprint density at radius 3 is 2.43 bits per heavy atom. The standard InChI is InChI=1S/C12H24N2/c1-10(2)14-7-5-11-4-6-13(3)8-12(11)9-14/h10-12H,4-9H2,1-3H3. The topological polar surface area (TPSA) is 6.48 Å². The Bertz CT molecular complexity index is 191. The van der Waals surface area contributed by atoms with Crippen LogP contribution in [0.1, 0.15) is 26.7 Å². The third kappa shape index (κ3) is 2.12. The van der Waals surface area contributed by atoms with Gasteiger partial charge in [-0.15, -0.1) is 0 Å². The minimum atomic E-state index is 0.739. The normalized spacial score (nSPS) is 36.0. The molecule has 2 fully saturated rings. The first-order valence-electron chi connectivity index (χ1n) is 6.09. The summed E-state index contributed by atoms with van der Waals surface area (Å²) < 4.78 is 0. The number of likely N-dealkylation sites (tertiary alicyclic amines) is 2. The van der Waals surface area contributed by atoms with Gasteiger partial charge in [0.05, 0.1) is 0 Å². The molecule has 0 aromatic carbocycles. The highest BCUT2D eigenvalue weighted by Gasteiger charge is 2.33. The van der Waals surface area contributed by atoms with Gasteiger partial charge in [0, 0.05) is 19.1 Å². The highest BCUT2D eigenvalue weighted by Crippen LogP contribution is 2.31. The second-order valence-corrected chi connectivity index (χ2v) is 5.45. The molecule has 0 aromatic heterocycles. The number of hydrogen-bond donors (Lipinski definition) is 0. The van der Waals surface area contributed by atoms with E-state index in [1.807, 2.05) is 0 Å². The van der Waals surface area contributed by atoms with Crippen molar-refractivity contribution < 1.29 is 0 Å². The first-order chi connectivity index (χ1) is 6.66. The van der Waals surface area contributed by atoms with Crippen molar-refractivity contribution in [1.82, 2.24) is 9.80 Å². The smallest absolute Gasteiger partial charge is 0.00387 e. The highest BCUT2D eigenvalue weighted by molar-refractivity contribution is 4.86. The number of fused-ring (bicyclic) bond motifs is 1. The van der Waals surface area contributed by atoms with Crippen molar-refractivity contribution in [3.05, 3.63) is 0 Å². The van der Waals surface area contributed by atoms with E-state index in [2.05, 4.69) is 30.7 Å². The molecular formula is C12H24N2. The summed E-state index contributed by atoms with van der Waals surface area (Å²) >= 11 is 0. The van der Waals surface area contributed by atoms with Gasteiger partial charge in [-0.25, -0.2) is 0 Å². The van der Waals surface area contributed by atoms with E-state index < -0.39 is 0 Å². The van der Waals surface area contributed by atoms with Crippen LogP contribution >= 0.6 is 0 Å². The molecule has 0 radical (unpaired) electrons. The molecule has 2 heterocycles. The first-order valence-corrected chi connectivity index (χ1v) is 6.09. The first kappa shape index (κ1) is 10.4. The lowest BCUT2D eigenvalue weighted by atomic mass is 9.80. The van der Waals surface area contributed by atoms with E-state index in [9.17, 15) is 0 Å². The third-order valence-corrected chi connectivity index (χ3v) is 4.08. The predicted octanol–water partition coefficient (Wildman–Crippen LogP) is 1.67. The van der Waals surface area contributed by atoms with Crippen LogP contribution in [-0.2, 0) is 0 Å². The maximum Gasteiger partial charge on any atom is 0.00387 e. The fraction of sp³-hybridized carbons (Fsp3) is 1.00. The summed E-state index contributed by atoms with van der Waals surface area (Å²) in [6, 6.07) is 0.739. The third-order valence-electron chi connectivity index (χ3n) is 4.08. The van der Waals surface area contributed by atoms with Gasteiger partial charge in [-0.2, -0.15) is 0 Å². The van der Waals surface area contributed by atoms with E-state index in [0.29, 0.717) is 0 Å². The van der Waals surface area contributed by atoms with Crippen LogP contribution in [0.15, 0.2) is 0 Å². The summed E-state index contributed by atoms with van der Waals surface area (Å²) in [5.41, 5.74) is 0. The molecule has 82 valence electrons. The van der Waals surface area contributed by atoms with Gasteiger partial charge >= 0.3 is 0 Å². The fourth-order valence-corrected chi connectivity index (χ4v) is 3.04. The molecule has 2 atom stereocenters. The molecule has 0 aromatic rings. The zero-order valence-electron chi connectivity index (χ0n) is 9.87. The van der Waals surface area contributed by atoms with Gasteiger partial charge in [-0.3, -0.25) is 0 Å². The predicted molar refractivity (Wildman–Crippen MR) is 60.4 cm³/mol. The van der Waals surface area contributed by atoms with E-state index in [0.717, 1.165) is 17.9 Å². The van der Waals surface area contributed by atoms with Crippen LogP contribution < -0.4 is 0 Å². The molecule has 0 bridgehead atoms. The summed E-state index contributed by atoms with van der Waals surface area (Å²) in [5.74, 6) is 1.98. The van der Waals surface area contributed by atoms with E-state index in [1.54, 1.807) is 0 Å². The minimum Gasteiger partial charge on any atom is -0.306 e. The van der Waals surface area contributed by atoms with Crippen molar-refractivity contribution in [2.75, 3.05) is 33.2 Å². The highest BCUT2D eigenvalue weighted by atomic mass is 15.2. The summed E-state index contributed by atoms with van der Waals surface area (Å²) in [5, 5.41) is 0. The molecule has 2 heteroatoms. The van der Waals surface area contributed by atoms with Crippen molar-refractivity contribution in [3.8, 4) is 0 Å². The molecule has 2 aliphatic rings. The van der Waals surface area contributed by atoms with Crippen molar-refractivity contribution >= 4 is 0 Å². The molecule has 14 heavy (non-hydrogen) atoms. The lowest BCUT2D eigenvalue weighted by molar-refractivity contribution is 0.0384. The van der Waals surface area contributed by atoms with Gasteiger partial charge in [-0.05, 0) is 58.7 Å². The van der Waals surface area contributed by atoms with Crippen LogP contribution in [0.4, 0.5) is 0 Å². The average molecular weight is 196 g/mol. The maximum absolute atomic E-state index is 2.65. The Labute approximate surface area is 88.3 Å². The molecule has 0 saturated carbocycles. The van der Waals surface area contributed by atoms with Gasteiger partial charge in [0.25, 0.3) is 0 Å². The molecule has 2 unspecified atom stereocenters. The van der Waals surface area contributed by atoms with Crippen molar-refractivity contribution in [3.63, 3.8) is 0 Å². The molecule has 2 nitrogen and oxygen atoms in total. The number of hydrogen-bond acceptors (Lipinski definition) is 2. The van der Waals surface area contributed by atoms with E-state index in [4.69, 9.17) is 0 Å². The Morgan fingerprint density at radius 2 is 1.71 bits per heavy atom. The van der Waals surface area contributed by atoms with Crippen molar-refractivity contribution in [1.29, 1.82) is 0 Å². The van der Waals surface area contributed by atoms with Gasteiger partial charge < -0.3 is 9.80 Å². The van der Waals surface area contributed by atoms with Crippen LogP contribution in [0.5, 0.6) is 0 Å². The van der Waals surface area contributed by atoms with Gasteiger partial charge in [0.1, 0.15) is 0 Å². The van der Waals surface area contributed by atoms with Crippen LogP contribution in [0.2, 0.25) is 0 Å². The summed E-state index contributed by atoms with van der Waals surface area (Å²) in [6.45, 7) is 9.98. The summed E-state index contributed by atoms with van der Waals surface area (Å²) in [4.78, 5) is 5.16. The van der Waals surface area contributed by atoms with Crippen LogP contribution in [0, 0.1) is 11.8 Å². The molecular weight excluding hydrogens is 172 g/mol. The van der Waals surface area contributed by atoms with Crippen molar-refractivity contribution in [2.45, 2.75) is 32.7 Å². The zero-order chi connectivity index (χ0) is 10.1.